The molecule has 18 heavy (non-hydrogen) atoms. The van der Waals surface area contributed by atoms with Crippen LogP contribution in [0.25, 0.3) is 0 Å². The van der Waals surface area contributed by atoms with Gasteiger partial charge in [0.25, 0.3) is 0 Å². The monoisotopic (exact) mass is 235 g/mol. The fraction of sp³-hybridized carbons (Fsp3) is 0.200. The standard InChI is InChI=1S/C15H13N3/c16-10-12-4-1-2-6-13(12)18-14-8-7-11-5-3-9-17-15(11)14/h1-6,9,14,18H,7-8H2. The fourth-order valence-corrected chi connectivity index (χ4v) is 2.45. The Hall–Kier alpha value is -2.34. The third-order valence-electron chi connectivity index (χ3n) is 3.34. The maximum Gasteiger partial charge on any atom is 0.101 e. The number of pyridine rings is 1. The van der Waals surface area contributed by atoms with Gasteiger partial charge in [-0.05, 0) is 36.6 Å². The number of anilines is 1. The Morgan fingerprint density at radius 2 is 2.11 bits per heavy atom. The Kier molecular flexibility index (Phi) is 2.70. The lowest BCUT2D eigenvalue weighted by Crippen LogP contribution is -2.09. The summed E-state index contributed by atoms with van der Waals surface area (Å²) < 4.78 is 0. The zero-order chi connectivity index (χ0) is 12.4. The van der Waals surface area contributed by atoms with E-state index in [-0.39, 0.29) is 6.04 Å². The van der Waals surface area contributed by atoms with E-state index in [0.29, 0.717) is 5.56 Å². The van der Waals surface area contributed by atoms with Crippen LogP contribution in [-0.4, -0.2) is 4.98 Å². The number of hydrogen-bond donors (Lipinski definition) is 1. The van der Waals surface area contributed by atoms with Crippen LogP contribution in [0.15, 0.2) is 42.6 Å². The molecule has 0 radical (unpaired) electrons. The summed E-state index contributed by atoms with van der Waals surface area (Å²) in [6.07, 6.45) is 3.91. The maximum atomic E-state index is 9.08. The highest BCUT2D eigenvalue weighted by Gasteiger charge is 2.23. The predicted octanol–water partition coefficient (Wildman–Crippen LogP) is 3.05. The quantitative estimate of drug-likeness (QED) is 0.870. The second-order valence-electron chi connectivity index (χ2n) is 4.44. The topological polar surface area (TPSA) is 48.7 Å². The molecule has 0 bridgehead atoms. The lowest BCUT2D eigenvalue weighted by molar-refractivity contribution is 0.745. The number of para-hydroxylation sites is 1. The van der Waals surface area contributed by atoms with Crippen molar-refractivity contribution in [2.45, 2.75) is 18.9 Å². The molecule has 3 nitrogen and oxygen atoms in total. The summed E-state index contributed by atoms with van der Waals surface area (Å²) in [4.78, 5) is 4.45. The highest BCUT2D eigenvalue weighted by atomic mass is 15.0. The number of aryl methyl sites for hydroxylation is 1. The summed E-state index contributed by atoms with van der Waals surface area (Å²) in [5.74, 6) is 0. The van der Waals surface area contributed by atoms with E-state index in [4.69, 9.17) is 5.26 Å². The molecule has 1 heterocycles. The largest absolute Gasteiger partial charge is 0.376 e. The number of nitrogens with one attached hydrogen (secondary N) is 1. The normalized spacial score (nSPS) is 16.9. The van der Waals surface area contributed by atoms with E-state index in [0.717, 1.165) is 24.2 Å². The van der Waals surface area contributed by atoms with Crippen molar-refractivity contribution in [2.24, 2.45) is 0 Å². The van der Waals surface area contributed by atoms with Crippen molar-refractivity contribution in [2.75, 3.05) is 5.32 Å². The van der Waals surface area contributed by atoms with Crippen LogP contribution in [0.3, 0.4) is 0 Å². The lowest BCUT2D eigenvalue weighted by Gasteiger charge is -2.15. The number of nitriles is 1. The van der Waals surface area contributed by atoms with Crippen LogP contribution < -0.4 is 5.32 Å². The van der Waals surface area contributed by atoms with Gasteiger partial charge in [0.05, 0.1) is 23.0 Å². The maximum absolute atomic E-state index is 9.08. The van der Waals surface area contributed by atoms with Gasteiger partial charge >= 0.3 is 0 Å². The van der Waals surface area contributed by atoms with Crippen LogP contribution in [0.5, 0.6) is 0 Å². The first-order valence-electron chi connectivity index (χ1n) is 6.08. The number of hydrogen-bond acceptors (Lipinski definition) is 3. The molecule has 0 amide bonds. The van der Waals surface area contributed by atoms with Crippen LogP contribution in [0, 0.1) is 11.3 Å². The molecule has 0 fully saturated rings. The Bertz CT molecular complexity index is 613. The van der Waals surface area contributed by atoms with Crippen molar-refractivity contribution in [1.82, 2.24) is 4.98 Å². The van der Waals surface area contributed by atoms with Gasteiger partial charge in [-0.15, -0.1) is 0 Å². The molecule has 1 atom stereocenters. The Balaban J connectivity index is 1.89. The Morgan fingerprint density at radius 3 is 3.00 bits per heavy atom. The van der Waals surface area contributed by atoms with Gasteiger partial charge < -0.3 is 5.32 Å². The summed E-state index contributed by atoms with van der Waals surface area (Å²) in [6.45, 7) is 0. The molecule has 1 aromatic carbocycles. The minimum Gasteiger partial charge on any atom is -0.376 e. The third kappa shape index (κ3) is 1.82. The van der Waals surface area contributed by atoms with E-state index in [2.05, 4.69) is 22.4 Å². The van der Waals surface area contributed by atoms with E-state index in [9.17, 15) is 0 Å². The molecule has 1 aliphatic carbocycles. The van der Waals surface area contributed by atoms with Gasteiger partial charge in [-0.25, -0.2) is 0 Å². The molecule has 1 aromatic heterocycles. The SMILES string of the molecule is N#Cc1ccccc1NC1CCc2cccnc21. The highest BCUT2D eigenvalue weighted by Crippen LogP contribution is 2.32. The van der Waals surface area contributed by atoms with Gasteiger partial charge in [0.15, 0.2) is 0 Å². The van der Waals surface area contributed by atoms with E-state index >= 15 is 0 Å². The first-order chi connectivity index (χ1) is 8.88. The molecule has 3 rings (SSSR count). The van der Waals surface area contributed by atoms with Crippen molar-refractivity contribution >= 4 is 5.69 Å². The molecule has 0 saturated heterocycles. The van der Waals surface area contributed by atoms with Gasteiger partial charge in [-0.3, -0.25) is 4.98 Å². The summed E-state index contributed by atoms with van der Waals surface area (Å²) in [5, 5.41) is 12.5. The van der Waals surface area contributed by atoms with Gasteiger partial charge in [-0.1, -0.05) is 18.2 Å². The van der Waals surface area contributed by atoms with Crippen molar-refractivity contribution in [3.8, 4) is 6.07 Å². The van der Waals surface area contributed by atoms with Crippen molar-refractivity contribution < 1.29 is 0 Å². The van der Waals surface area contributed by atoms with Crippen molar-refractivity contribution in [3.05, 3.63) is 59.4 Å². The zero-order valence-electron chi connectivity index (χ0n) is 9.93. The number of fused-ring (bicyclic) bond motifs is 1. The Labute approximate surface area is 106 Å². The molecule has 0 aliphatic heterocycles. The molecule has 1 N–H and O–H groups in total. The van der Waals surface area contributed by atoms with Gasteiger partial charge in [0.2, 0.25) is 0 Å². The molecular formula is C15H13N3. The van der Waals surface area contributed by atoms with Crippen LogP contribution >= 0.6 is 0 Å². The fourth-order valence-electron chi connectivity index (χ4n) is 2.45. The number of nitrogens with zero attached hydrogens (tertiary/aromatic N) is 2. The van der Waals surface area contributed by atoms with Gasteiger partial charge in [0, 0.05) is 6.20 Å². The van der Waals surface area contributed by atoms with Crippen LogP contribution in [0.4, 0.5) is 5.69 Å². The predicted molar refractivity (Wildman–Crippen MR) is 70.1 cm³/mol. The molecule has 1 unspecified atom stereocenters. The molecule has 3 heteroatoms. The molecule has 2 aromatic rings. The molecule has 0 spiro atoms. The average molecular weight is 235 g/mol. The zero-order valence-corrected chi connectivity index (χ0v) is 9.93. The second-order valence-corrected chi connectivity index (χ2v) is 4.44. The second kappa shape index (κ2) is 4.50. The van der Waals surface area contributed by atoms with Gasteiger partial charge in [-0.2, -0.15) is 5.26 Å². The smallest absolute Gasteiger partial charge is 0.101 e. The minimum absolute atomic E-state index is 0.218. The van der Waals surface area contributed by atoms with Crippen molar-refractivity contribution in [1.29, 1.82) is 5.26 Å². The first-order valence-corrected chi connectivity index (χ1v) is 6.08. The molecule has 0 saturated carbocycles. The number of rotatable bonds is 2. The third-order valence-corrected chi connectivity index (χ3v) is 3.34. The highest BCUT2D eigenvalue weighted by molar-refractivity contribution is 5.58. The van der Waals surface area contributed by atoms with Gasteiger partial charge in [0.1, 0.15) is 6.07 Å². The van der Waals surface area contributed by atoms with E-state index in [1.165, 1.54) is 5.56 Å². The van der Waals surface area contributed by atoms with E-state index in [1.54, 1.807) is 0 Å². The first kappa shape index (κ1) is 10.8. The summed E-state index contributed by atoms with van der Waals surface area (Å²) in [5.41, 5.74) is 4.00. The van der Waals surface area contributed by atoms with Crippen LogP contribution in [0.2, 0.25) is 0 Å². The summed E-state index contributed by atoms with van der Waals surface area (Å²) in [7, 11) is 0. The summed E-state index contributed by atoms with van der Waals surface area (Å²) in [6, 6.07) is 14.1. The van der Waals surface area contributed by atoms with Crippen LogP contribution in [-0.2, 0) is 6.42 Å². The summed E-state index contributed by atoms with van der Waals surface area (Å²) >= 11 is 0. The number of aromatic nitrogens is 1. The Morgan fingerprint density at radius 1 is 1.22 bits per heavy atom. The van der Waals surface area contributed by atoms with Crippen molar-refractivity contribution in [3.63, 3.8) is 0 Å². The van der Waals surface area contributed by atoms with E-state index in [1.807, 2.05) is 36.5 Å². The lowest BCUT2D eigenvalue weighted by atomic mass is 10.1. The van der Waals surface area contributed by atoms with E-state index < -0.39 is 0 Å². The molecule has 88 valence electrons. The molecule has 1 aliphatic rings. The molecular weight excluding hydrogens is 222 g/mol. The average Bonchev–Trinajstić information content (AvgIpc) is 2.83. The van der Waals surface area contributed by atoms with Crippen LogP contribution in [0.1, 0.15) is 29.3 Å². The number of benzene rings is 1. The minimum atomic E-state index is 0.218.